The Morgan fingerprint density at radius 3 is 1.72 bits per heavy atom. The van der Waals surface area contributed by atoms with Gasteiger partial charge >= 0.3 is 0 Å². The first-order chi connectivity index (χ1) is 30.3. The van der Waals surface area contributed by atoms with Gasteiger partial charge in [0.05, 0.1) is 22.4 Å². The maximum Gasteiger partial charge on any atom is 0.160 e. The minimum absolute atomic E-state index is 0.683. The van der Waals surface area contributed by atoms with Gasteiger partial charge < -0.3 is 4.57 Å². The molecule has 0 unspecified atom stereocenters. The molecule has 0 spiro atoms. The lowest BCUT2D eigenvalue weighted by molar-refractivity contribution is 1.18. The molecule has 3 heteroatoms. The molecular formula is C58H37N3. The molecule has 0 bridgehead atoms. The van der Waals surface area contributed by atoms with Gasteiger partial charge in [-0.25, -0.2) is 9.97 Å². The molecule has 0 saturated carbocycles. The number of fused-ring (bicyclic) bond motifs is 7. The topological polar surface area (TPSA) is 30.7 Å². The van der Waals surface area contributed by atoms with Gasteiger partial charge in [-0.2, -0.15) is 0 Å². The Morgan fingerprint density at radius 1 is 0.311 bits per heavy atom. The number of rotatable bonds is 6. The third-order valence-electron chi connectivity index (χ3n) is 12.2. The zero-order valence-corrected chi connectivity index (χ0v) is 33.2. The van der Waals surface area contributed by atoms with Gasteiger partial charge in [-0.05, 0) is 91.0 Å². The maximum absolute atomic E-state index is 5.50. The Labute approximate surface area is 353 Å². The first-order valence-electron chi connectivity index (χ1n) is 20.8. The Kier molecular flexibility index (Phi) is 8.17. The van der Waals surface area contributed by atoms with Crippen LogP contribution in [0.3, 0.4) is 0 Å². The first kappa shape index (κ1) is 34.9. The minimum Gasteiger partial charge on any atom is -0.309 e. The second-order valence-electron chi connectivity index (χ2n) is 15.7. The molecule has 0 fully saturated rings. The standard InChI is InChI=1S/C58H37N3/c1-3-16-38(17-4-1)39-30-32-41(33-31-39)58-59-52(37-53(60-58)56-45-23-10-8-19-42(45)36-51-44-22-9-7-18-40(44)34-35-49(51)56)47-25-12-11-24-46(47)48-27-15-29-55-57(48)50-26-13-14-28-54(50)61(55)43-20-5-2-6-21-43/h1-37H. The molecule has 0 radical (unpaired) electrons. The monoisotopic (exact) mass is 775 g/mol. The summed E-state index contributed by atoms with van der Waals surface area (Å²) in [6.45, 7) is 0. The van der Waals surface area contributed by atoms with Crippen molar-refractivity contribution in [2.45, 2.75) is 0 Å². The summed E-state index contributed by atoms with van der Waals surface area (Å²) in [5.41, 5.74) is 13.0. The summed E-state index contributed by atoms with van der Waals surface area (Å²) in [6.07, 6.45) is 0. The Balaban J connectivity index is 1.13. The summed E-state index contributed by atoms with van der Waals surface area (Å²) in [7, 11) is 0. The van der Waals surface area contributed by atoms with Crippen molar-refractivity contribution in [3.8, 4) is 61.8 Å². The maximum atomic E-state index is 5.50. The predicted molar refractivity (Wildman–Crippen MR) is 256 cm³/mol. The van der Waals surface area contributed by atoms with Crippen molar-refractivity contribution >= 4 is 54.1 Å². The second kappa shape index (κ2) is 14.3. The fourth-order valence-electron chi connectivity index (χ4n) is 9.42. The molecule has 0 atom stereocenters. The third kappa shape index (κ3) is 5.82. The highest BCUT2D eigenvalue weighted by Crippen LogP contribution is 2.44. The van der Waals surface area contributed by atoms with Crippen LogP contribution < -0.4 is 0 Å². The van der Waals surface area contributed by atoms with Gasteiger partial charge in [0.25, 0.3) is 0 Å². The van der Waals surface area contributed by atoms with Crippen LogP contribution in [-0.4, -0.2) is 14.5 Å². The molecule has 12 aromatic rings. The summed E-state index contributed by atoms with van der Waals surface area (Å²) >= 11 is 0. The van der Waals surface area contributed by atoms with Crippen molar-refractivity contribution in [2.75, 3.05) is 0 Å². The molecule has 2 heterocycles. The van der Waals surface area contributed by atoms with E-state index in [2.05, 4.69) is 229 Å². The highest BCUT2D eigenvalue weighted by molar-refractivity contribution is 6.20. The minimum atomic E-state index is 0.683. The molecule has 0 N–H and O–H groups in total. The van der Waals surface area contributed by atoms with E-state index < -0.39 is 0 Å². The van der Waals surface area contributed by atoms with Crippen molar-refractivity contribution in [2.24, 2.45) is 0 Å². The number of hydrogen-bond acceptors (Lipinski definition) is 2. The van der Waals surface area contributed by atoms with Gasteiger partial charge in [0.2, 0.25) is 0 Å². The molecule has 284 valence electrons. The van der Waals surface area contributed by atoms with E-state index in [0.29, 0.717) is 5.82 Å². The highest BCUT2D eigenvalue weighted by Gasteiger charge is 2.21. The van der Waals surface area contributed by atoms with E-state index in [1.807, 2.05) is 0 Å². The molecule has 2 aromatic heterocycles. The van der Waals surface area contributed by atoms with E-state index in [-0.39, 0.29) is 0 Å². The van der Waals surface area contributed by atoms with Gasteiger partial charge in [-0.1, -0.05) is 188 Å². The molecule has 0 saturated heterocycles. The molecule has 3 nitrogen and oxygen atoms in total. The zero-order chi connectivity index (χ0) is 40.3. The van der Waals surface area contributed by atoms with Crippen LogP contribution >= 0.6 is 0 Å². The molecule has 0 amide bonds. The van der Waals surface area contributed by atoms with Crippen molar-refractivity contribution < 1.29 is 0 Å². The molecule has 0 aliphatic rings. The lowest BCUT2D eigenvalue weighted by atomic mass is 9.90. The van der Waals surface area contributed by atoms with Crippen LogP contribution in [0.5, 0.6) is 0 Å². The van der Waals surface area contributed by atoms with E-state index in [4.69, 9.17) is 9.97 Å². The van der Waals surface area contributed by atoms with Gasteiger partial charge in [0, 0.05) is 33.2 Å². The summed E-state index contributed by atoms with van der Waals surface area (Å²) in [6, 6.07) is 80.4. The zero-order valence-electron chi connectivity index (χ0n) is 33.2. The van der Waals surface area contributed by atoms with E-state index in [0.717, 1.165) is 61.4 Å². The number of nitrogens with zero attached hydrogens (tertiary/aromatic N) is 3. The molecule has 12 rings (SSSR count). The molecule has 0 aliphatic heterocycles. The molecule has 61 heavy (non-hydrogen) atoms. The quantitative estimate of drug-likeness (QED) is 0.124. The number of hydrogen-bond donors (Lipinski definition) is 0. The van der Waals surface area contributed by atoms with Crippen molar-refractivity contribution in [1.82, 2.24) is 14.5 Å². The smallest absolute Gasteiger partial charge is 0.160 e. The van der Waals surface area contributed by atoms with Crippen molar-refractivity contribution in [3.05, 3.63) is 224 Å². The highest BCUT2D eigenvalue weighted by atomic mass is 15.0. The van der Waals surface area contributed by atoms with Gasteiger partial charge in [0.15, 0.2) is 5.82 Å². The summed E-state index contributed by atoms with van der Waals surface area (Å²) in [5.74, 6) is 0.683. The van der Waals surface area contributed by atoms with E-state index in [1.165, 1.54) is 48.8 Å². The number of para-hydroxylation sites is 2. The predicted octanol–water partition coefficient (Wildman–Crippen LogP) is 15.4. The van der Waals surface area contributed by atoms with Gasteiger partial charge in [-0.3, -0.25) is 0 Å². The van der Waals surface area contributed by atoms with Crippen LogP contribution in [0.1, 0.15) is 0 Å². The van der Waals surface area contributed by atoms with Gasteiger partial charge in [0.1, 0.15) is 0 Å². The van der Waals surface area contributed by atoms with E-state index >= 15 is 0 Å². The average Bonchev–Trinajstić information content (AvgIpc) is 3.68. The van der Waals surface area contributed by atoms with Gasteiger partial charge in [-0.15, -0.1) is 0 Å². The third-order valence-corrected chi connectivity index (χ3v) is 12.2. The summed E-state index contributed by atoms with van der Waals surface area (Å²) < 4.78 is 2.38. The average molecular weight is 776 g/mol. The second-order valence-corrected chi connectivity index (χ2v) is 15.7. The van der Waals surface area contributed by atoms with Crippen LogP contribution in [0.15, 0.2) is 224 Å². The Hall–Kier alpha value is -8.14. The Morgan fingerprint density at radius 2 is 0.902 bits per heavy atom. The Bertz CT molecular complexity index is 3620. The van der Waals surface area contributed by atoms with Crippen LogP contribution in [-0.2, 0) is 0 Å². The van der Waals surface area contributed by atoms with Crippen LogP contribution in [0, 0.1) is 0 Å². The summed E-state index contributed by atoms with van der Waals surface area (Å²) in [5, 5.41) is 9.59. The van der Waals surface area contributed by atoms with E-state index in [1.54, 1.807) is 0 Å². The molecular weight excluding hydrogens is 739 g/mol. The number of benzene rings is 10. The lowest BCUT2D eigenvalue weighted by Gasteiger charge is -2.17. The van der Waals surface area contributed by atoms with Crippen LogP contribution in [0.25, 0.3) is 116 Å². The van der Waals surface area contributed by atoms with E-state index in [9.17, 15) is 0 Å². The fourth-order valence-corrected chi connectivity index (χ4v) is 9.42. The van der Waals surface area contributed by atoms with Crippen molar-refractivity contribution in [3.63, 3.8) is 0 Å². The first-order valence-corrected chi connectivity index (χ1v) is 20.8. The number of aromatic nitrogens is 3. The van der Waals surface area contributed by atoms with Crippen molar-refractivity contribution in [1.29, 1.82) is 0 Å². The van der Waals surface area contributed by atoms with Crippen LogP contribution in [0.4, 0.5) is 0 Å². The molecule has 10 aromatic carbocycles. The normalized spacial score (nSPS) is 11.6. The fraction of sp³-hybridized carbons (Fsp3) is 0. The van der Waals surface area contributed by atoms with Crippen LogP contribution in [0.2, 0.25) is 0 Å². The summed E-state index contributed by atoms with van der Waals surface area (Å²) in [4.78, 5) is 11.0. The molecule has 0 aliphatic carbocycles. The SMILES string of the molecule is c1ccc(-c2ccc(-c3nc(-c4ccccc4-c4cccc5c4c4ccccc4n5-c4ccccc4)cc(-c4c5ccccc5cc5c4ccc4ccccc45)n3)cc2)cc1. The largest absolute Gasteiger partial charge is 0.309 e. The lowest BCUT2D eigenvalue weighted by Crippen LogP contribution is -1.98.